The van der Waals surface area contributed by atoms with Crippen molar-refractivity contribution in [1.29, 1.82) is 0 Å². The summed E-state index contributed by atoms with van der Waals surface area (Å²) in [5.74, 6) is 0.746. The van der Waals surface area contributed by atoms with E-state index >= 15 is 0 Å². The molecule has 4 aromatic rings. The molecule has 158 valence electrons. The van der Waals surface area contributed by atoms with Crippen molar-refractivity contribution in [3.8, 4) is 0 Å². The monoisotopic (exact) mass is 413 g/mol. The summed E-state index contributed by atoms with van der Waals surface area (Å²) >= 11 is 0. The highest BCUT2D eigenvalue weighted by atomic mass is 16.1. The van der Waals surface area contributed by atoms with Gasteiger partial charge in [-0.05, 0) is 44.5 Å². The SMILES string of the molecule is Cc1ccc(Cn2nc(C)c(/C=C/C(=O)NCCc3nc4ccccc4[nH]3)c2C)cc1. The number of nitrogens with zero attached hydrogens (tertiary/aromatic N) is 3. The largest absolute Gasteiger partial charge is 0.352 e. The number of H-pyrrole nitrogens is 1. The van der Waals surface area contributed by atoms with E-state index in [-0.39, 0.29) is 5.91 Å². The summed E-state index contributed by atoms with van der Waals surface area (Å²) in [6.45, 7) is 7.32. The van der Waals surface area contributed by atoms with Gasteiger partial charge in [-0.2, -0.15) is 5.10 Å². The zero-order valence-electron chi connectivity index (χ0n) is 18.1. The number of hydrogen-bond acceptors (Lipinski definition) is 3. The van der Waals surface area contributed by atoms with E-state index in [1.807, 2.05) is 48.9 Å². The average Bonchev–Trinajstić information content (AvgIpc) is 3.28. The van der Waals surface area contributed by atoms with Gasteiger partial charge in [-0.15, -0.1) is 0 Å². The summed E-state index contributed by atoms with van der Waals surface area (Å²) in [5, 5.41) is 7.57. The molecule has 0 spiro atoms. The first kappa shape index (κ1) is 20.6. The number of carbonyl (C=O) groups excluding carboxylic acids is 1. The summed E-state index contributed by atoms with van der Waals surface area (Å²) in [5.41, 5.74) is 7.34. The number of imidazole rings is 1. The Morgan fingerprint density at radius 1 is 1.10 bits per heavy atom. The molecule has 0 atom stereocenters. The lowest BCUT2D eigenvalue weighted by atomic mass is 10.1. The predicted octanol–water partition coefficient (Wildman–Crippen LogP) is 4.11. The molecular weight excluding hydrogens is 386 g/mol. The van der Waals surface area contributed by atoms with Crippen LogP contribution in [-0.4, -0.2) is 32.2 Å². The number of fused-ring (bicyclic) bond motifs is 1. The van der Waals surface area contributed by atoms with E-state index in [2.05, 4.69) is 51.6 Å². The van der Waals surface area contributed by atoms with Crippen molar-refractivity contribution in [3.63, 3.8) is 0 Å². The Bertz CT molecular complexity index is 1200. The van der Waals surface area contributed by atoms with Crippen molar-refractivity contribution in [1.82, 2.24) is 25.1 Å². The first-order valence-corrected chi connectivity index (χ1v) is 10.5. The van der Waals surface area contributed by atoms with Gasteiger partial charge < -0.3 is 10.3 Å². The van der Waals surface area contributed by atoms with Crippen molar-refractivity contribution in [2.24, 2.45) is 0 Å². The van der Waals surface area contributed by atoms with Gasteiger partial charge in [-0.3, -0.25) is 9.48 Å². The Morgan fingerprint density at radius 3 is 2.65 bits per heavy atom. The number of aromatic nitrogens is 4. The van der Waals surface area contributed by atoms with Gasteiger partial charge in [0.1, 0.15) is 5.82 Å². The molecule has 2 N–H and O–H groups in total. The Kier molecular flexibility index (Phi) is 5.98. The third-order valence-electron chi connectivity index (χ3n) is 5.39. The molecule has 2 aromatic heterocycles. The smallest absolute Gasteiger partial charge is 0.244 e. The Balaban J connectivity index is 1.34. The molecule has 6 nitrogen and oxygen atoms in total. The first-order chi connectivity index (χ1) is 15.0. The zero-order valence-corrected chi connectivity index (χ0v) is 18.1. The summed E-state index contributed by atoms with van der Waals surface area (Å²) in [6, 6.07) is 16.4. The van der Waals surface area contributed by atoms with Crippen molar-refractivity contribution in [3.05, 3.63) is 88.5 Å². The third kappa shape index (κ3) is 4.91. The zero-order chi connectivity index (χ0) is 21.8. The van der Waals surface area contributed by atoms with E-state index in [0.29, 0.717) is 19.5 Å². The predicted molar refractivity (Wildman–Crippen MR) is 124 cm³/mol. The lowest BCUT2D eigenvalue weighted by Crippen LogP contribution is -2.23. The molecule has 6 heteroatoms. The number of benzene rings is 2. The van der Waals surface area contributed by atoms with Gasteiger partial charge in [-0.1, -0.05) is 42.0 Å². The van der Waals surface area contributed by atoms with Crippen molar-refractivity contribution >= 4 is 23.0 Å². The average molecular weight is 414 g/mol. The van der Waals surface area contributed by atoms with E-state index in [1.165, 1.54) is 11.1 Å². The maximum Gasteiger partial charge on any atom is 0.244 e. The molecule has 0 fully saturated rings. The molecule has 0 radical (unpaired) electrons. The van der Waals surface area contributed by atoms with Crippen LogP contribution in [0.15, 0.2) is 54.6 Å². The van der Waals surface area contributed by atoms with E-state index in [9.17, 15) is 4.79 Å². The summed E-state index contributed by atoms with van der Waals surface area (Å²) in [7, 11) is 0. The Hall–Kier alpha value is -3.67. The molecule has 0 aliphatic rings. The summed E-state index contributed by atoms with van der Waals surface area (Å²) in [4.78, 5) is 20.1. The maximum absolute atomic E-state index is 12.3. The van der Waals surface area contributed by atoms with Gasteiger partial charge in [-0.25, -0.2) is 4.98 Å². The number of aryl methyl sites for hydroxylation is 2. The number of amides is 1. The van der Waals surface area contributed by atoms with Gasteiger partial charge in [0.2, 0.25) is 5.91 Å². The molecule has 0 bridgehead atoms. The van der Waals surface area contributed by atoms with Crippen LogP contribution in [0.5, 0.6) is 0 Å². The van der Waals surface area contributed by atoms with Crippen LogP contribution in [0.2, 0.25) is 0 Å². The van der Waals surface area contributed by atoms with E-state index < -0.39 is 0 Å². The van der Waals surface area contributed by atoms with Crippen LogP contribution < -0.4 is 5.32 Å². The van der Waals surface area contributed by atoms with Crippen molar-refractivity contribution in [2.45, 2.75) is 33.7 Å². The second-order valence-corrected chi connectivity index (χ2v) is 7.80. The lowest BCUT2D eigenvalue weighted by molar-refractivity contribution is -0.116. The topological polar surface area (TPSA) is 75.6 Å². The standard InChI is InChI=1S/C25H27N5O/c1-17-8-10-20(11-9-17)16-30-19(3)21(18(2)29-30)12-13-25(31)26-15-14-24-27-22-6-4-5-7-23(22)28-24/h4-13H,14-16H2,1-3H3,(H,26,31)(H,27,28)/b13-12+. The number of aromatic amines is 1. The highest BCUT2D eigenvalue weighted by molar-refractivity contribution is 5.92. The molecule has 2 aromatic carbocycles. The molecule has 0 unspecified atom stereocenters. The van der Waals surface area contributed by atoms with Gasteiger partial charge in [0, 0.05) is 30.3 Å². The van der Waals surface area contributed by atoms with Gasteiger partial charge in [0.25, 0.3) is 0 Å². The number of carbonyl (C=O) groups is 1. The minimum atomic E-state index is -0.124. The van der Waals surface area contributed by atoms with Crippen LogP contribution in [0.1, 0.15) is 33.9 Å². The van der Waals surface area contributed by atoms with Crippen LogP contribution in [0.4, 0.5) is 0 Å². The molecule has 2 heterocycles. The first-order valence-electron chi connectivity index (χ1n) is 10.5. The maximum atomic E-state index is 12.3. The molecule has 0 aliphatic heterocycles. The number of rotatable bonds is 7. The highest BCUT2D eigenvalue weighted by Gasteiger charge is 2.10. The van der Waals surface area contributed by atoms with Crippen LogP contribution in [0.3, 0.4) is 0 Å². The fourth-order valence-electron chi connectivity index (χ4n) is 3.62. The fraction of sp³-hybridized carbons (Fsp3) is 0.240. The van der Waals surface area contributed by atoms with Crippen LogP contribution in [-0.2, 0) is 17.8 Å². The van der Waals surface area contributed by atoms with E-state index in [1.54, 1.807) is 6.08 Å². The number of hydrogen-bond donors (Lipinski definition) is 2. The minimum Gasteiger partial charge on any atom is -0.352 e. The van der Waals surface area contributed by atoms with Crippen LogP contribution in [0.25, 0.3) is 17.1 Å². The van der Waals surface area contributed by atoms with Crippen LogP contribution >= 0.6 is 0 Å². The second kappa shape index (κ2) is 9.00. The molecule has 0 saturated carbocycles. The molecule has 4 rings (SSSR count). The Labute approximate surface area is 182 Å². The number of nitrogens with one attached hydrogen (secondary N) is 2. The second-order valence-electron chi connectivity index (χ2n) is 7.80. The van der Waals surface area contributed by atoms with Gasteiger partial charge in [0.15, 0.2) is 0 Å². The summed E-state index contributed by atoms with van der Waals surface area (Å²) < 4.78 is 1.99. The molecule has 0 saturated heterocycles. The molecule has 0 aliphatic carbocycles. The normalized spacial score (nSPS) is 11.5. The Morgan fingerprint density at radius 2 is 1.87 bits per heavy atom. The van der Waals surface area contributed by atoms with Crippen molar-refractivity contribution < 1.29 is 4.79 Å². The lowest BCUT2D eigenvalue weighted by Gasteiger charge is -2.05. The van der Waals surface area contributed by atoms with Gasteiger partial charge in [0.05, 0.1) is 23.3 Å². The third-order valence-corrected chi connectivity index (χ3v) is 5.39. The van der Waals surface area contributed by atoms with E-state index in [0.717, 1.165) is 33.8 Å². The minimum absolute atomic E-state index is 0.124. The number of para-hydroxylation sites is 2. The fourth-order valence-corrected chi connectivity index (χ4v) is 3.62. The van der Waals surface area contributed by atoms with Gasteiger partial charge >= 0.3 is 0 Å². The highest BCUT2D eigenvalue weighted by Crippen LogP contribution is 2.17. The van der Waals surface area contributed by atoms with E-state index in [4.69, 9.17) is 0 Å². The quantitative estimate of drug-likeness (QED) is 0.448. The van der Waals surface area contributed by atoms with Crippen molar-refractivity contribution in [2.75, 3.05) is 6.54 Å². The molecule has 31 heavy (non-hydrogen) atoms. The van der Waals surface area contributed by atoms with Crippen LogP contribution in [0, 0.1) is 20.8 Å². The molecular formula is C25H27N5O. The molecule has 1 amide bonds. The summed E-state index contributed by atoms with van der Waals surface area (Å²) in [6.07, 6.45) is 4.08.